The molecule has 1 aliphatic carbocycles. The van der Waals surface area contributed by atoms with Crippen LogP contribution in [0.2, 0.25) is 0 Å². The number of aliphatic hydroxyl groups is 4. The van der Waals surface area contributed by atoms with Gasteiger partial charge in [0.2, 0.25) is 0 Å². The summed E-state index contributed by atoms with van der Waals surface area (Å²) >= 11 is 0. The molecular weight excluding hydrogens is 438 g/mol. The van der Waals surface area contributed by atoms with Gasteiger partial charge in [0.1, 0.15) is 40.4 Å². The SMILES string of the molecule is O=Nc1ccc(CCC(=O)c2c(O)cc(O)c(C3CC(CO)C(O)C(O)C3O)c2O)cc1O. The fraction of sp³-hybridized carbons (Fsp3) is 0.409. The molecule has 11 heteroatoms. The third kappa shape index (κ3) is 4.62. The Hall–Kier alpha value is -3.25. The van der Waals surface area contributed by atoms with Crippen molar-refractivity contribution in [1.82, 2.24) is 0 Å². The van der Waals surface area contributed by atoms with Crippen LogP contribution >= 0.6 is 0 Å². The molecule has 0 spiro atoms. The van der Waals surface area contributed by atoms with Crippen LogP contribution < -0.4 is 0 Å². The molecule has 0 saturated heterocycles. The normalized spacial score (nSPS) is 25.0. The molecule has 1 aliphatic rings. The quantitative estimate of drug-likeness (QED) is 0.215. The number of nitroso groups, excluding NO2 is 1. The van der Waals surface area contributed by atoms with E-state index in [0.717, 1.165) is 6.07 Å². The third-order valence-electron chi connectivity index (χ3n) is 6.11. The summed E-state index contributed by atoms with van der Waals surface area (Å²) in [6, 6.07) is 4.84. The second-order valence-corrected chi connectivity index (χ2v) is 8.15. The molecule has 1 fully saturated rings. The van der Waals surface area contributed by atoms with Gasteiger partial charge in [-0.15, -0.1) is 4.91 Å². The van der Waals surface area contributed by atoms with Crippen LogP contribution in [0, 0.1) is 10.8 Å². The molecule has 2 aromatic carbocycles. The summed E-state index contributed by atoms with van der Waals surface area (Å²) in [6.07, 6.45) is -5.01. The molecule has 0 aromatic heterocycles. The summed E-state index contributed by atoms with van der Waals surface area (Å²) in [5, 5.41) is 83.7. The lowest BCUT2D eigenvalue weighted by atomic mass is 9.72. The average molecular weight is 463 g/mol. The highest BCUT2D eigenvalue weighted by molar-refractivity contribution is 6.02. The number of carbonyl (C=O) groups excluding carboxylic acids is 1. The first-order valence-electron chi connectivity index (χ1n) is 10.2. The van der Waals surface area contributed by atoms with E-state index in [4.69, 9.17) is 0 Å². The highest BCUT2D eigenvalue weighted by Gasteiger charge is 2.45. The maximum Gasteiger partial charge on any atom is 0.170 e. The van der Waals surface area contributed by atoms with Gasteiger partial charge < -0.3 is 40.9 Å². The number of benzene rings is 2. The Labute approximate surface area is 187 Å². The number of Topliss-reactive ketones (excluding diaryl/α,β-unsaturated/α-hetero) is 1. The van der Waals surface area contributed by atoms with E-state index in [9.17, 15) is 50.6 Å². The minimum Gasteiger partial charge on any atom is -0.507 e. The van der Waals surface area contributed by atoms with Gasteiger partial charge in [0.25, 0.3) is 0 Å². The number of aliphatic hydroxyl groups excluding tert-OH is 4. The lowest BCUT2D eigenvalue weighted by Crippen LogP contribution is -2.51. The predicted molar refractivity (Wildman–Crippen MR) is 114 cm³/mol. The zero-order valence-electron chi connectivity index (χ0n) is 17.4. The average Bonchev–Trinajstić information content (AvgIpc) is 2.77. The van der Waals surface area contributed by atoms with Gasteiger partial charge in [0, 0.05) is 36.5 Å². The van der Waals surface area contributed by atoms with Gasteiger partial charge in [-0.05, 0) is 35.7 Å². The third-order valence-corrected chi connectivity index (χ3v) is 6.11. The van der Waals surface area contributed by atoms with Crippen LogP contribution in [-0.4, -0.2) is 71.6 Å². The Balaban J connectivity index is 1.91. The van der Waals surface area contributed by atoms with Gasteiger partial charge >= 0.3 is 0 Å². The number of aryl methyl sites for hydroxylation is 1. The number of phenols is 4. The van der Waals surface area contributed by atoms with Crippen molar-refractivity contribution in [3.8, 4) is 23.0 Å². The van der Waals surface area contributed by atoms with Crippen molar-refractivity contribution in [3.05, 3.63) is 45.9 Å². The Morgan fingerprint density at radius 1 is 0.939 bits per heavy atom. The monoisotopic (exact) mass is 463 g/mol. The van der Waals surface area contributed by atoms with Gasteiger partial charge in [-0.1, -0.05) is 6.07 Å². The molecule has 33 heavy (non-hydrogen) atoms. The molecule has 1 saturated carbocycles. The molecule has 0 radical (unpaired) electrons. The highest BCUT2D eigenvalue weighted by Crippen LogP contribution is 2.48. The number of rotatable bonds is 7. The van der Waals surface area contributed by atoms with Crippen molar-refractivity contribution in [1.29, 1.82) is 0 Å². The molecular formula is C22H25NO10. The maximum atomic E-state index is 12.8. The minimum atomic E-state index is -1.68. The first-order valence-corrected chi connectivity index (χ1v) is 10.2. The molecule has 5 unspecified atom stereocenters. The molecule has 5 atom stereocenters. The van der Waals surface area contributed by atoms with Crippen LogP contribution in [0.1, 0.15) is 40.2 Å². The number of nitrogens with zero attached hydrogens (tertiary/aromatic N) is 1. The fourth-order valence-corrected chi connectivity index (χ4v) is 4.28. The summed E-state index contributed by atoms with van der Waals surface area (Å²) in [7, 11) is 0. The largest absolute Gasteiger partial charge is 0.507 e. The number of hydrogen-bond donors (Lipinski definition) is 8. The smallest absolute Gasteiger partial charge is 0.170 e. The molecule has 11 nitrogen and oxygen atoms in total. The zero-order chi connectivity index (χ0) is 24.4. The van der Waals surface area contributed by atoms with Crippen molar-refractivity contribution in [2.45, 2.75) is 43.5 Å². The van der Waals surface area contributed by atoms with Crippen LogP contribution in [0.5, 0.6) is 23.0 Å². The predicted octanol–water partition coefficient (Wildman–Crippen LogP) is 0.901. The number of phenolic OH excluding ortho intramolecular Hbond substituents is 4. The van der Waals surface area contributed by atoms with E-state index in [1.165, 1.54) is 18.2 Å². The van der Waals surface area contributed by atoms with Gasteiger partial charge in [0.15, 0.2) is 5.78 Å². The molecule has 0 amide bonds. The fourth-order valence-electron chi connectivity index (χ4n) is 4.28. The van der Waals surface area contributed by atoms with Crippen molar-refractivity contribution < 1.29 is 45.6 Å². The second kappa shape index (κ2) is 9.71. The van der Waals surface area contributed by atoms with Gasteiger partial charge in [-0.3, -0.25) is 4.79 Å². The van der Waals surface area contributed by atoms with Crippen LogP contribution in [0.4, 0.5) is 5.69 Å². The van der Waals surface area contributed by atoms with Crippen molar-refractivity contribution in [2.75, 3.05) is 6.61 Å². The lowest BCUT2D eigenvalue weighted by Gasteiger charge is -2.40. The van der Waals surface area contributed by atoms with Gasteiger partial charge in [-0.2, -0.15) is 0 Å². The standard InChI is InChI=1S/C22H25NO10/c24-8-10-6-11(20(30)22(32)19(10)29)17-15(27)7-16(28)18(21(17)31)13(25)4-2-9-1-3-12(23-33)14(26)5-9/h1,3,5,7,10-11,19-20,22,24,26-32H,2,4,6,8H2. The van der Waals surface area contributed by atoms with Crippen LogP contribution in [0.25, 0.3) is 0 Å². The maximum absolute atomic E-state index is 12.8. The van der Waals surface area contributed by atoms with E-state index >= 15 is 0 Å². The Kier molecular flexibility index (Phi) is 7.18. The summed E-state index contributed by atoms with van der Waals surface area (Å²) in [5.74, 6) is -5.21. The summed E-state index contributed by atoms with van der Waals surface area (Å²) in [6.45, 7) is -0.530. The van der Waals surface area contributed by atoms with Crippen molar-refractivity contribution in [3.63, 3.8) is 0 Å². The number of ketones is 1. The molecule has 178 valence electrons. The zero-order valence-corrected chi connectivity index (χ0v) is 17.4. The summed E-state index contributed by atoms with van der Waals surface area (Å²) < 4.78 is 0. The lowest BCUT2D eigenvalue weighted by molar-refractivity contribution is -0.127. The first-order chi connectivity index (χ1) is 15.6. The molecule has 2 aromatic rings. The molecule has 0 aliphatic heterocycles. The van der Waals surface area contributed by atoms with E-state index in [1.807, 2.05) is 0 Å². The van der Waals surface area contributed by atoms with E-state index in [1.54, 1.807) is 0 Å². The molecule has 0 heterocycles. The van der Waals surface area contributed by atoms with Gasteiger partial charge in [-0.25, -0.2) is 0 Å². The van der Waals surface area contributed by atoms with Crippen LogP contribution in [-0.2, 0) is 6.42 Å². The van der Waals surface area contributed by atoms with E-state index in [2.05, 4.69) is 5.18 Å². The number of hydrogen-bond acceptors (Lipinski definition) is 11. The van der Waals surface area contributed by atoms with Crippen molar-refractivity contribution in [2.24, 2.45) is 11.1 Å². The minimum absolute atomic E-state index is 0.0736. The Bertz CT molecular complexity index is 1050. The Morgan fingerprint density at radius 2 is 1.64 bits per heavy atom. The van der Waals surface area contributed by atoms with E-state index in [0.29, 0.717) is 5.56 Å². The number of carbonyl (C=O) groups is 1. The molecule has 8 N–H and O–H groups in total. The van der Waals surface area contributed by atoms with Crippen LogP contribution in [0.15, 0.2) is 29.4 Å². The van der Waals surface area contributed by atoms with E-state index < -0.39 is 65.3 Å². The molecule has 3 rings (SSSR count). The van der Waals surface area contributed by atoms with E-state index in [-0.39, 0.29) is 36.3 Å². The number of aromatic hydroxyl groups is 4. The van der Waals surface area contributed by atoms with Crippen molar-refractivity contribution >= 4 is 11.5 Å². The Morgan fingerprint density at radius 3 is 2.24 bits per heavy atom. The van der Waals surface area contributed by atoms with Crippen LogP contribution in [0.3, 0.4) is 0 Å². The topological polar surface area (TPSA) is 208 Å². The highest BCUT2D eigenvalue weighted by atomic mass is 16.4. The van der Waals surface area contributed by atoms with Gasteiger partial charge in [0.05, 0.1) is 12.2 Å². The summed E-state index contributed by atoms with van der Waals surface area (Å²) in [4.78, 5) is 23.4. The summed E-state index contributed by atoms with van der Waals surface area (Å²) in [5.41, 5.74) is -0.487. The first kappa shape index (κ1) is 24.4. The molecule has 0 bridgehead atoms. The second-order valence-electron chi connectivity index (χ2n) is 8.15.